The molecule has 0 atom stereocenters. The van der Waals surface area contributed by atoms with Gasteiger partial charge in [-0.25, -0.2) is 4.98 Å². The van der Waals surface area contributed by atoms with Crippen molar-refractivity contribution >= 4 is 11.0 Å². The largest absolute Gasteiger partial charge is 0.494 e. The number of para-hydroxylation sites is 2. The summed E-state index contributed by atoms with van der Waals surface area (Å²) in [7, 11) is 0. The molecule has 0 saturated heterocycles. The Balaban J connectivity index is 1.42. The van der Waals surface area contributed by atoms with E-state index >= 15 is 0 Å². The molecule has 27 heavy (non-hydrogen) atoms. The second kappa shape index (κ2) is 9.75. The number of ether oxygens (including phenoxy) is 1. The van der Waals surface area contributed by atoms with E-state index in [1.807, 2.05) is 18.2 Å². The lowest BCUT2D eigenvalue weighted by molar-refractivity contribution is 0.312. The minimum absolute atomic E-state index is 0.535. The molecule has 0 unspecified atom stereocenters. The summed E-state index contributed by atoms with van der Waals surface area (Å²) in [6, 6.07) is 18.6. The van der Waals surface area contributed by atoms with E-state index in [9.17, 15) is 0 Å². The first-order valence-corrected chi connectivity index (χ1v) is 9.49. The lowest BCUT2D eigenvalue weighted by atomic mass is 10.2. The van der Waals surface area contributed by atoms with E-state index in [1.54, 1.807) is 0 Å². The van der Waals surface area contributed by atoms with Gasteiger partial charge in [0, 0.05) is 19.5 Å². The van der Waals surface area contributed by atoms with Gasteiger partial charge in [0.25, 0.3) is 0 Å². The van der Waals surface area contributed by atoms with Gasteiger partial charge in [-0.2, -0.15) is 5.26 Å². The highest BCUT2D eigenvalue weighted by atomic mass is 16.5. The van der Waals surface area contributed by atoms with Crippen molar-refractivity contribution < 1.29 is 4.74 Å². The van der Waals surface area contributed by atoms with Gasteiger partial charge in [0.05, 0.1) is 23.7 Å². The molecule has 0 spiro atoms. The number of imidazole rings is 1. The van der Waals surface area contributed by atoms with E-state index < -0.39 is 0 Å². The standard InChI is InChI=1S/C22H26N4O/c1-18-25-21-10-2-3-11-22(21)26(18)14-7-13-24-17-19-8-6-9-20(16-19)27-15-5-4-12-23/h2-3,6,8-11,16,24H,4-5,7,13-15,17H2,1H3. The summed E-state index contributed by atoms with van der Waals surface area (Å²) >= 11 is 0. The van der Waals surface area contributed by atoms with Crippen molar-refractivity contribution in [3.05, 3.63) is 59.9 Å². The number of hydrogen-bond acceptors (Lipinski definition) is 4. The van der Waals surface area contributed by atoms with Crippen LogP contribution in [0.1, 0.15) is 30.7 Å². The fraction of sp³-hybridized carbons (Fsp3) is 0.364. The fourth-order valence-electron chi connectivity index (χ4n) is 3.16. The molecule has 0 aliphatic heterocycles. The molecular formula is C22H26N4O. The van der Waals surface area contributed by atoms with Gasteiger partial charge < -0.3 is 14.6 Å². The molecule has 5 nitrogen and oxygen atoms in total. The number of benzene rings is 2. The van der Waals surface area contributed by atoms with Crippen LogP contribution in [0.4, 0.5) is 0 Å². The Morgan fingerprint density at radius 3 is 2.93 bits per heavy atom. The number of nitrogens with one attached hydrogen (secondary N) is 1. The molecular weight excluding hydrogens is 336 g/mol. The number of nitriles is 1. The second-order valence-electron chi connectivity index (χ2n) is 6.59. The van der Waals surface area contributed by atoms with Gasteiger partial charge in [-0.3, -0.25) is 0 Å². The average Bonchev–Trinajstić information content (AvgIpc) is 3.01. The summed E-state index contributed by atoms with van der Waals surface area (Å²) in [6.45, 7) is 5.37. The Labute approximate surface area is 160 Å². The highest BCUT2D eigenvalue weighted by Gasteiger charge is 2.05. The Morgan fingerprint density at radius 2 is 2.04 bits per heavy atom. The topological polar surface area (TPSA) is 62.9 Å². The van der Waals surface area contributed by atoms with Gasteiger partial charge in [0.1, 0.15) is 11.6 Å². The summed E-state index contributed by atoms with van der Waals surface area (Å²) in [4.78, 5) is 4.62. The van der Waals surface area contributed by atoms with Crippen molar-refractivity contribution in [3.63, 3.8) is 0 Å². The third-order valence-electron chi connectivity index (χ3n) is 4.51. The first-order chi connectivity index (χ1) is 13.3. The highest BCUT2D eigenvalue weighted by molar-refractivity contribution is 5.75. The van der Waals surface area contributed by atoms with Gasteiger partial charge in [-0.15, -0.1) is 0 Å². The minimum atomic E-state index is 0.535. The SMILES string of the molecule is Cc1nc2ccccc2n1CCCNCc1cccc(OCCCC#N)c1. The average molecular weight is 362 g/mol. The quantitative estimate of drug-likeness (QED) is 0.549. The summed E-state index contributed by atoms with van der Waals surface area (Å²) in [6.07, 6.45) is 2.35. The maximum Gasteiger partial charge on any atom is 0.119 e. The predicted molar refractivity (Wildman–Crippen MR) is 108 cm³/mol. The number of aromatic nitrogens is 2. The van der Waals surface area contributed by atoms with E-state index in [1.165, 1.54) is 11.1 Å². The molecule has 1 heterocycles. The molecule has 0 radical (unpaired) electrons. The molecule has 1 N–H and O–H groups in total. The third-order valence-corrected chi connectivity index (χ3v) is 4.51. The van der Waals surface area contributed by atoms with Crippen molar-refractivity contribution in [2.45, 2.75) is 39.3 Å². The number of rotatable bonds is 10. The van der Waals surface area contributed by atoms with Gasteiger partial charge in [0.2, 0.25) is 0 Å². The highest BCUT2D eigenvalue weighted by Crippen LogP contribution is 2.16. The monoisotopic (exact) mass is 362 g/mol. The molecule has 140 valence electrons. The predicted octanol–water partition coefficient (Wildman–Crippen LogP) is 4.21. The van der Waals surface area contributed by atoms with Crippen LogP contribution in [0.25, 0.3) is 11.0 Å². The van der Waals surface area contributed by atoms with Crippen LogP contribution in [0.2, 0.25) is 0 Å². The third kappa shape index (κ3) is 5.32. The van der Waals surface area contributed by atoms with Crippen LogP contribution in [-0.4, -0.2) is 22.7 Å². The summed E-state index contributed by atoms with van der Waals surface area (Å²) in [5.74, 6) is 1.94. The molecule has 1 aromatic heterocycles. The van der Waals surface area contributed by atoms with E-state index in [-0.39, 0.29) is 0 Å². The number of unbranched alkanes of at least 4 members (excludes halogenated alkanes) is 1. The molecule has 3 aromatic rings. The van der Waals surface area contributed by atoms with Gasteiger partial charge in [-0.05, 0) is 56.1 Å². The molecule has 0 saturated carbocycles. The van der Waals surface area contributed by atoms with Gasteiger partial charge >= 0.3 is 0 Å². The summed E-state index contributed by atoms with van der Waals surface area (Å²) in [5.41, 5.74) is 3.47. The zero-order valence-electron chi connectivity index (χ0n) is 15.8. The van der Waals surface area contributed by atoms with Crippen LogP contribution in [-0.2, 0) is 13.1 Å². The molecule has 0 aliphatic carbocycles. The van der Waals surface area contributed by atoms with Gasteiger partial charge in [0.15, 0.2) is 0 Å². The summed E-state index contributed by atoms with van der Waals surface area (Å²) in [5, 5.41) is 12.1. The van der Waals surface area contributed by atoms with E-state index in [2.05, 4.69) is 58.2 Å². The Morgan fingerprint density at radius 1 is 1.15 bits per heavy atom. The minimum Gasteiger partial charge on any atom is -0.494 e. The second-order valence-corrected chi connectivity index (χ2v) is 6.59. The molecule has 0 aliphatic rings. The van der Waals surface area contributed by atoms with Crippen molar-refractivity contribution in [1.82, 2.24) is 14.9 Å². The van der Waals surface area contributed by atoms with Gasteiger partial charge in [-0.1, -0.05) is 24.3 Å². The lowest BCUT2D eigenvalue weighted by Gasteiger charge is -2.10. The first-order valence-electron chi connectivity index (χ1n) is 9.49. The molecule has 0 amide bonds. The van der Waals surface area contributed by atoms with E-state index in [0.717, 1.165) is 49.6 Å². The van der Waals surface area contributed by atoms with Crippen molar-refractivity contribution in [1.29, 1.82) is 5.26 Å². The molecule has 0 bridgehead atoms. The van der Waals surface area contributed by atoms with Crippen LogP contribution in [0.15, 0.2) is 48.5 Å². The zero-order valence-corrected chi connectivity index (χ0v) is 15.8. The van der Waals surface area contributed by atoms with Crippen LogP contribution in [0.3, 0.4) is 0 Å². The number of aryl methyl sites for hydroxylation is 2. The Hall–Kier alpha value is -2.84. The first kappa shape index (κ1) is 18.9. The molecule has 2 aromatic carbocycles. The molecule has 0 fully saturated rings. The maximum absolute atomic E-state index is 8.56. The Kier molecular flexibility index (Phi) is 6.84. The van der Waals surface area contributed by atoms with Crippen molar-refractivity contribution in [2.75, 3.05) is 13.2 Å². The number of hydrogen-bond donors (Lipinski definition) is 1. The Bertz CT molecular complexity index is 910. The van der Waals surface area contributed by atoms with Crippen LogP contribution < -0.4 is 10.1 Å². The molecule has 3 rings (SSSR count). The summed E-state index contributed by atoms with van der Waals surface area (Å²) < 4.78 is 7.97. The normalized spacial score (nSPS) is 10.8. The maximum atomic E-state index is 8.56. The van der Waals surface area contributed by atoms with Crippen molar-refractivity contribution in [3.8, 4) is 11.8 Å². The van der Waals surface area contributed by atoms with Crippen molar-refractivity contribution in [2.24, 2.45) is 0 Å². The lowest BCUT2D eigenvalue weighted by Crippen LogP contribution is -2.17. The van der Waals surface area contributed by atoms with Crippen LogP contribution in [0.5, 0.6) is 5.75 Å². The van der Waals surface area contributed by atoms with Crippen LogP contribution >= 0.6 is 0 Å². The van der Waals surface area contributed by atoms with E-state index in [0.29, 0.717) is 13.0 Å². The fourth-order valence-corrected chi connectivity index (χ4v) is 3.16. The zero-order chi connectivity index (χ0) is 18.9. The van der Waals surface area contributed by atoms with E-state index in [4.69, 9.17) is 10.00 Å². The van der Waals surface area contributed by atoms with Crippen LogP contribution in [0, 0.1) is 18.3 Å². The number of nitrogens with zero attached hydrogens (tertiary/aromatic N) is 3. The smallest absolute Gasteiger partial charge is 0.119 e. The molecule has 5 heteroatoms. The number of fused-ring (bicyclic) bond motifs is 1.